The molecule has 5 heterocycles. The molecule has 29 heavy (non-hydrogen) atoms. The van der Waals surface area contributed by atoms with Gasteiger partial charge in [0, 0.05) is 17.6 Å². The first kappa shape index (κ1) is 16.7. The molecule has 1 aromatic carbocycles. The quantitative estimate of drug-likeness (QED) is 0.571. The highest BCUT2D eigenvalue weighted by Crippen LogP contribution is 2.35. The Morgan fingerprint density at radius 3 is 2.86 bits per heavy atom. The molecule has 2 aliphatic rings. The van der Waals surface area contributed by atoms with E-state index in [1.807, 2.05) is 24.4 Å². The normalized spacial score (nSPS) is 18.8. The van der Waals surface area contributed by atoms with Crippen molar-refractivity contribution in [2.24, 2.45) is 4.99 Å². The Balaban J connectivity index is 1.42. The van der Waals surface area contributed by atoms with Crippen LogP contribution in [0.15, 0.2) is 71.2 Å². The van der Waals surface area contributed by atoms with Gasteiger partial charge in [0.25, 0.3) is 0 Å². The predicted octanol–water partition coefficient (Wildman–Crippen LogP) is 3.24. The number of guanidine groups is 1. The first-order chi connectivity index (χ1) is 14.4. The number of nitrogens with zero attached hydrogens (tertiary/aromatic N) is 6. The highest BCUT2D eigenvalue weighted by Gasteiger charge is 2.36. The number of benzene rings is 1. The number of rotatable bonds is 3. The Morgan fingerprint density at radius 1 is 1.07 bits per heavy atom. The number of aliphatic imine (C=N–C) groups is 1. The zero-order valence-electron chi connectivity index (χ0n) is 15.6. The number of fused-ring (bicyclic) bond motifs is 5. The van der Waals surface area contributed by atoms with Crippen LogP contribution in [-0.4, -0.2) is 38.7 Å². The van der Waals surface area contributed by atoms with Gasteiger partial charge >= 0.3 is 0 Å². The fraction of sp³-hybridized carbons (Fsp3) is 0.190. The second-order valence-corrected chi connectivity index (χ2v) is 8.15. The number of imidazole rings is 1. The van der Waals surface area contributed by atoms with Gasteiger partial charge in [-0.15, -0.1) is 11.3 Å². The van der Waals surface area contributed by atoms with Crippen LogP contribution in [0.25, 0.3) is 11.0 Å². The number of pyridine rings is 1. The molecule has 6 rings (SSSR count). The Bertz CT molecular complexity index is 1180. The van der Waals surface area contributed by atoms with Gasteiger partial charge in [-0.1, -0.05) is 24.3 Å². The Kier molecular flexibility index (Phi) is 3.85. The Hall–Kier alpha value is -3.23. The lowest BCUT2D eigenvalue weighted by atomic mass is 10.3. The second-order valence-electron chi connectivity index (χ2n) is 7.18. The van der Waals surface area contributed by atoms with Crippen molar-refractivity contribution < 1.29 is 0 Å². The first-order valence-electron chi connectivity index (χ1n) is 9.58. The van der Waals surface area contributed by atoms with Crippen LogP contribution in [0.4, 0.5) is 5.95 Å². The molecule has 0 bridgehead atoms. The number of nitrogens with one attached hydrogen (secondary N) is 1. The van der Waals surface area contributed by atoms with E-state index in [1.54, 1.807) is 11.3 Å². The SMILES string of the molecule is c1ccc(CN2CN=C3NC(c4cccs4)n4c(nc5ccccc54)N3C2)nc1. The van der Waals surface area contributed by atoms with Gasteiger partial charge in [0.2, 0.25) is 11.9 Å². The van der Waals surface area contributed by atoms with Crippen LogP contribution in [0.1, 0.15) is 16.7 Å². The Morgan fingerprint density at radius 2 is 2.00 bits per heavy atom. The highest BCUT2D eigenvalue weighted by atomic mass is 32.1. The van der Waals surface area contributed by atoms with Gasteiger partial charge in [-0.05, 0) is 35.7 Å². The third-order valence-corrected chi connectivity index (χ3v) is 6.21. The maximum atomic E-state index is 4.97. The van der Waals surface area contributed by atoms with Crippen LogP contribution in [0, 0.1) is 0 Å². The molecule has 0 aliphatic carbocycles. The Labute approximate surface area is 172 Å². The molecular weight excluding hydrogens is 382 g/mol. The van der Waals surface area contributed by atoms with Crippen molar-refractivity contribution >= 4 is 34.3 Å². The van der Waals surface area contributed by atoms with Crippen molar-refractivity contribution in [1.82, 2.24) is 24.8 Å². The smallest absolute Gasteiger partial charge is 0.216 e. The zero-order valence-corrected chi connectivity index (χ0v) is 16.5. The van der Waals surface area contributed by atoms with Crippen molar-refractivity contribution in [2.75, 3.05) is 18.2 Å². The standard InChI is InChI=1S/C21H19N7S/c1-2-8-17-16(7-1)24-21-27-14-26(12-15-6-3-4-10-22-15)13-23-20(27)25-19(28(17)21)18-9-5-11-29-18/h1-11,19H,12-14H2,(H,23,25). The van der Waals surface area contributed by atoms with Crippen molar-refractivity contribution in [1.29, 1.82) is 0 Å². The van der Waals surface area contributed by atoms with E-state index in [2.05, 4.69) is 66.4 Å². The lowest BCUT2D eigenvalue weighted by molar-refractivity contribution is 0.261. The van der Waals surface area contributed by atoms with E-state index in [4.69, 9.17) is 9.98 Å². The van der Waals surface area contributed by atoms with Gasteiger partial charge < -0.3 is 5.32 Å². The zero-order chi connectivity index (χ0) is 19.2. The largest absolute Gasteiger partial charge is 0.331 e. The van der Waals surface area contributed by atoms with E-state index in [1.165, 1.54) is 4.88 Å². The molecule has 4 aromatic rings. The number of thiophene rings is 1. The molecule has 0 amide bonds. The average molecular weight is 401 g/mol. The minimum atomic E-state index is -0.00487. The molecule has 7 nitrogen and oxygen atoms in total. The van der Waals surface area contributed by atoms with E-state index in [0.717, 1.165) is 35.2 Å². The van der Waals surface area contributed by atoms with Gasteiger partial charge in [-0.3, -0.25) is 19.4 Å². The molecule has 144 valence electrons. The highest BCUT2D eigenvalue weighted by molar-refractivity contribution is 7.10. The molecule has 1 N–H and O–H groups in total. The van der Waals surface area contributed by atoms with E-state index < -0.39 is 0 Å². The van der Waals surface area contributed by atoms with Crippen molar-refractivity contribution in [3.8, 4) is 0 Å². The van der Waals surface area contributed by atoms with E-state index >= 15 is 0 Å². The molecular formula is C21H19N7S. The monoisotopic (exact) mass is 401 g/mol. The molecule has 8 heteroatoms. The van der Waals surface area contributed by atoms with E-state index in [0.29, 0.717) is 13.3 Å². The summed E-state index contributed by atoms with van der Waals surface area (Å²) in [6.07, 6.45) is 1.83. The molecule has 0 radical (unpaired) electrons. The van der Waals surface area contributed by atoms with Gasteiger partial charge in [-0.25, -0.2) is 9.98 Å². The van der Waals surface area contributed by atoms with Crippen LogP contribution in [0.3, 0.4) is 0 Å². The van der Waals surface area contributed by atoms with E-state index in [-0.39, 0.29) is 6.17 Å². The van der Waals surface area contributed by atoms with Crippen LogP contribution in [0.5, 0.6) is 0 Å². The third kappa shape index (κ3) is 2.80. The minimum absolute atomic E-state index is 0.00487. The van der Waals surface area contributed by atoms with Crippen LogP contribution < -0.4 is 10.2 Å². The summed E-state index contributed by atoms with van der Waals surface area (Å²) >= 11 is 1.74. The molecule has 1 unspecified atom stereocenters. The summed E-state index contributed by atoms with van der Waals surface area (Å²) in [5.74, 6) is 1.80. The summed E-state index contributed by atoms with van der Waals surface area (Å²) in [5, 5.41) is 5.75. The number of hydrogen-bond acceptors (Lipinski definition) is 7. The molecule has 0 saturated heterocycles. The molecule has 0 saturated carbocycles. The summed E-state index contributed by atoms with van der Waals surface area (Å²) in [6, 6.07) is 18.6. The molecule has 1 atom stereocenters. The van der Waals surface area contributed by atoms with Gasteiger partial charge in [0.05, 0.1) is 30.1 Å². The minimum Gasteiger partial charge on any atom is -0.331 e. The topological polar surface area (TPSA) is 61.6 Å². The number of hydrogen-bond donors (Lipinski definition) is 1. The van der Waals surface area contributed by atoms with Crippen LogP contribution in [0.2, 0.25) is 0 Å². The van der Waals surface area contributed by atoms with Gasteiger partial charge in [-0.2, -0.15) is 0 Å². The number of para-hydroxylation sites is 2. The number of aromatic nitrogens is 3. The van der Waals surface area contributed by atoms with Crippen LogP contribution >= 0.6 is 11.3 Å². The van der Waals surface area contributed by atoms with Crippen LogP contribution in [-0.2, 0) is 6.54 Å². The van der Waals surface area contributed by atoms with E-state index in [9.17, 15) is 0 Å². The summed E-state index contributed by atoms with van der Waals surface area (Å²) in [7, 11) is 0. The summed E-state index contributed by atoms with van der Waals surface area (Å²) < 4.78 is 2.28. The van der Waals surface area contributed by atoms with Crippen molar-refractivity contribution in [3.05, 3.63) is 76.7 Å². The average Bonchev–Trinajstić information content (AvgIpc) is 3.43. The second kappa shape index (κ2) is 6.68. The fourth-order valence-corrected chi connectivity index (χ4v) is 4.74. The van der Waals surface area contributed by atoms with Crippen molar-refractivity contribution in [2.45, 2.75) is 12.7 Å². The van der Waals surface area contributed by atoms with Gasteiger partial charge in [0.15, 0.2) is 0 Å². The third-order valence-electron chi connectivity index (χ3n) is 5.28. The predicted molar refractivity (Wildman–Crippen MR) is 115 cm³/mol. The first-order valence-corrected chi connectivity index (χ1v) is 10.5. The summed E-state index contributed by atoms with van der Waals surface area (Å²) in [5.41, 5.74) is 3.16. The lowest BCUT2D eigenvalue weighted by Gasteiger charge is -2.41. The molecule has 0 fully saturated rings. The summed E-state index contributed by atoms with van der Waals surface area (Å²) in [6.45, 7) is 2.10. The molecule has 3 aromatic heterocycles. The van der Waals surface area contributed by atoms with Crippen molar-refractivity contribution in [3.63, 3.8) is 0 Å². The maximum absolute atomic E-state index is 4.97. The number of anilines is 1. The lowest BCUT2D eigenvalue weighted by Crippen LogP contribution is -2.57. The maximum Gasteiger partial charge on any atom is 0.216 e. The van der Waals surface area contributed by atoms with Gasteiger partial charge in [0.1, 0.15) is 6.17 Å². The fourth-order valence-electron chi connectivity index (χ4n) is 3.98. The molecule has 0 spiro atoms. The summed E-state index contributed by atoms with van der Waals surface area (Å²) in [4.78, 5) is 19.9. The molecule has 2 aliphatic heterocycles.